The van der Waals surface area contributed by atoms with E-state index in [1.165, 1.54) is 77.9 Å². The summed E-state index contributed by atoms with van der Waals surface area (Å²) in [6, 6.07) is 142. The van der Waals surface area contributed by atoms with Crippen molar-refractivity contribution >= 4 is 0 Å². The average molecular weight is 1440 g/mol. The van der Waals surface area contributed by atoms with Crippen molar-refractivity contribution in [2.24, 2.45) is 0 Å². The van der Waals surface area contributed by atoms with Crippen LogP contribution in [-0.4, -0.2) is 29.9 Å². The lowest BCUT2D eigenvalue weighted by Gasteiger charge is -2.19. The zero-order chi connectivity index (χ0) is 75.7. The highest BCUT2D eigenvalue weighted by Gasteiger charge is 2.22. The summed E-state index contributed by atoms with van der Waals surface area (Å²) >= 11 is 0. The van der Waals surface area contributed by atoms with Crippen molar-refractivity contribution in [3.8, 4) is 179 Å². The molecule has 0 aliphatic carbocycles. The second kappa shape index (κ2) is 32.2. The Morgan fingerprint density at radius 2 is 0.348 bits per heavy atom. The zero-order valence-corrected chi connectivity index (χ0v) is 62.8. The Morgan fingerprint density at radius 3 is 0.625 bits per heavy atom. The maximum absolute atomic E-state index is 5.19. The molecule has 4 heterocycles. The molecule has 6 nitrogen and oxygen atoms in total. The number of aryl methyl sites for hydroxylation is 4. The van der Waals surface area contributed by atoms with Crippen molar-refractivity contribution < 1.29 is 0 Å². The molecule has 0 unspecified atom stereocenters. The number of rotatable bonds is 16. The minimum atomic E-state index is 0.682. The maximum atomic E-state index is 5.19. The minimum absolute atomic E-state index is 0.682. The molecule has 0 aliphatic rings. The topological polar surface area (TPSA) is 77.3 Å². The Balaban J connectivity index is 0.000000163. The quantitative estimate of drug-likeness (QED) is 0.0959. The van der Waals surface area contributed by atoms with E-state index < -0.39 is 0 Å². The summed E-state index contributed by atoms with van der Waals surface area (Å²) in [4.78, 5) is 29.9. The molecule has 0 fully saturated rings. The van der Waals surface area contributed by atoms with E-state index in [0.717, 1.165) is 112 Å². The van der Waals surface area contributed by atoms with Crippen LogP contribution in [-0.2, 0) is 0 Å². The lowest BCUT2D eigenvalue weighted by molar-refractivity contribution is 1.12. The van der Waals surface area contributed by atoms with Gasteiger partial charge in [-0.05, 0) is 176 Å². The van der Waals surface area contributed by atoms with Gasteiger partial charge in [-0.1, -0.05) is 352 Å². The van der Waals surface area contributed by atoms with E-state index in [1.54, 1.807) is 0 Å². The zero-order valence-electron chi connectivity index (χ0n) is 62.8. The van der Waals surface area contributed by atoms with E-state index >= 15 is 0 Å². The van der Waals surface area contributed by atoms with Gasteiger partial charge in [-0.15, -0.1) is 0 Å². The number of hydrogen-bond donors (Lipinski definition) is 0. The number of aromatic nitrogens is 6. The fourth-order valence-corrected chi connectivity index (χ4v) is 15.0. The number of pyridine rings is 2. The Bertz CT molecular complexity index is 5790. The van der Waals surface area contributed by atoms with Crippen LogP contribution in [0.5, 0.6) is 0 Å². The van der Waals surface area contributed by atoms with Gasteiger partial charge in [0.1, 0.15) is 0 Å². The average Bonchev–Trinajstić information content (AvgIpc) is 0.776. The van der Waals surface area contributed by atoms with Gasteiger partial charge in [-0.3, -0.25) is 9.97 Å². The number of benzene rings is 14. The predicted octanol–water partition coefficient (Wildman–Crippen LogP) is 27.6. The van der Waals surface area contributed by atoms with Crippen LogP contribution in [0.2, 0.25) is 0 Å². The Labute approximate surface area is 655 Å². The molecule has 532 valence electrons. The smallest absolute Gasteiger partial charge is 0.160 e. The van der Waals surface area contributed by atoms with E-state index in [2.05, 4.69) is 400 Å². The molecule has 0 amide bonds. The fourth-order valence-electron chi connectivity index (χ4n) is 15.0. The summed E-state index contributed by atoms with van der Waals surface area (Å²) in [5.74, 6) is 1.38. The van der Waals surface area contributed by atoms with Crippen LogP contribution in [0.3, 0.4) is 0 Å². The van der Waals surface area contributed by atoms with E-state index in [4.69, 9.17) is 19.9 Å². The fraction of sp³-hybridized carbons (Fsp3) is 0.0377. The van der Waals surface area contributed by atoms with Crippen molar-refractivity contribution in [2.75, 3.05) is 0 Å². The largest absolute Gasteiger partial charge is 0.258 e. The van der Waals surface area contributed by atoms with Gasteiger partial charge in [0.2, 0.25) is 0 Å². The van der Waals surface area contributed by atoms with E-state index in [-0.39, 0.29) is 0 Å². The van der Waals surface area contributed by atoms with Gasteiger partial charge >= 0.3 is 0 Å². The van der Waals surface area contributed by atoms with Gasteiger partial charge in [-0.2, -0.15) is 0 Å². The first-order valence-corrected chi connectivity index (χ1v) is 38.0. The SMILES string of the molecule is Cc1ccc(-c2ccc(-c3cc(-c4ccc(-c5c(-c6ccccc6)cc(-c6ccccc6)cc5-c5ccccc5)cc4)nc(-c4ccccc4)n3)cc2)c(C)n1.Cc1ccc(-c2ccc(-c3cc(-c4ccccc4)nc(-c4ccc(-c5c(-c6ccccc6)cc(-c6ccccc6)cc5-c5ccccc5)cc4)n3)cc2)c(C)n1. The normalized spacial score (nSPS) is 11.0. The second-order valence-corrected chi connectivity index (χ2v) is 28.2. The molecule has 4 aromatic heterocycles. The third kappa shape index (κ3) is 15.4. The minimum Gasteiger partial charge on any atom is -0.258 e. The monoisotopic (exact) mass is 1430 g/mol. The molecule has 0 saturated heterocycles. The summed E-state index contributed by atoms with van der Waals surface area (Å²) in [5.41, 5.74) is 37.0. The number of nitrogens with zero attached hydrogens (tertiary/aromatic N) is 6. The van der Waals surface area contributed by atoms with E-state index in [1.807, 2.05) is 38.1 Å². The molecule has 0 radical (unpaired) electrons. The van der Waals surface area contributed by atoms with Gasteiger partial charge < -0.3 is 0 Å². The Hall–Kier alpha value is -14.5. The van der Waals surface area contributed by atoms with E-state index in [9.17, 15) is 0 Å². The second-order valence-electron chi connectivity index (χ2n) is 28.2. The van der Waals surface area contributed by atoms with Crippen LogP contribution < -0.4 is 0 Å². The van der Waals surface area contributed by atoms with Crippen LogP contribution in [0.25, 0.3) is 179 Å². The van der Waals surface area contributed by atoms with Crippen molar-refractivity contribution in [3.63, 3.8) is 0 Å². The van der Waals surface area contributed by atoms with Crippen molar-refractivity contribution in [1.82, 2.24) is 29.9 Å². The molecule has 0 atom stereocenters. The maximum Gasteiger partial charge on any atom is 0.160 e. The highest BCUT2D eigenvalue weighted by molar-refractivity contribution is 6.00. The molecule has 0 aliphatic heterocycles. The van der Waals surface area contributed by atoms with Gasteiger partial charge in [-0.25, -0.2) is 19.9 Å². The molecular weight excluding hydrogens is 1360 g/mol. The van der Waals surface area contributed by atoms with Gasteiger partial charge in [0, 0.05) is 67.3 Å². The van der Waals surface area contributed by atoms with Gasteiger partial charge in [0.25, 0.3) is 0 Å². The molecule has 0 bridgehead atoms. The number of hydrogen-bond acceptors (Lipinski definition) is 6. The van der Waals surface area contributed by atoms with Crippen molar-refractivity contribution in [1.29, 1.82) is 0 Å². The summed E-state index contributed by atoms with van der Waals surface area (Å²) < 4.78 is 0. The molecule has 6 heteroatoms. The first-order valence-electron chi connectivity index (χ1n) is 38.0. The molecule has 14 aromatic carbocycles. The highest BCUT2D eigenvalue weighted by atomic mass is 14.9. The molecule has 112 heavy (non-hydrogen) atoms. The third-order valence-electron chi connectivity index (χ3n) is 20.7. The molecule has 18 rings (SSSR count). The predicted molar refractivity (Wildman–Crippen MR) is 466 cm³/mol. The van der Waals surface area contributed by atoms with Crippen LogP contribution in [0.4, 0.5) is 0 Å². The van der Waals surface area contributed by atoms with Crippen LogP contribution in [0.15, 0.2) is 400 Å². The van der Waals surface area contributed by atoms with Crippen LogP contribution in [0.1, 0.15) is 22.8 Å². The molecule has 0 spiro atoms. The lowest BCUT2D eigenvalue weighted by atomic mass is 9.84. The molecule has 0 N–H and O–H groups in total. The summed E-state index contributed by atoms with van der Waals surface area (Å²) in [6.07, 6.45) is 0. The molecule has 18 aromatic rings. The van der Waals surface area contributed by atoms with Crippen LogP contribution >= 0.6 is 0 Å². The van der Waals surface area contributed by atoms with Crippen LogP contribution in [0, 0.1) is 27.7 Å². The standard InChI is InChI=1S/2C53H39N3/c1-36-23-32-47(37(2)54-36)41-24-26-42(27-25-41)50-35-51(56-53(55-50)45-21-13-6-14-22-45)43-28-30-44(31-29-43)52-48(39-17-9-4-10-18-39)33-46(38-15-7-3-8-16-38)34-49(52)40-19-11-5-12-20-40;1-36-23-32-47(37(2)54-36)41-24-26-43(27-25-41)51-35-50(42-21-13-6-14-22-42)55-53(56-51)45-30-28-44(29-31-45)52-48(39-17-9-4-10-18-39)33-46(38-15-7-3-8-16-38)34-49(52)40-19-11-5-12-20-40/h2*3-35H,1-2H3. The van der Waals surface area contributed by atoms with Crippen molar-refractivity contribution in [2.45, 2.75) is 27.7 Å². The van der Waals surface area contributed by atoms with Gasteiger partial charge in [0.05, 0.1) is 22.8 Å². The first-order chi connectivity index (χ1) is 55.1. The molecule has 0 saturated carbocycles. The van der Waals surface area contributed by atoms with E-state index in [0.29, 0.717) is 11.6 Å². The summed E-state index contributed by atoms with van der Waals surface area (Å²) in [5, 5.41) is 0. The first kappa shape index (κ1) is 70.5. The lowest BCUT2D eigenvalue weighted by Crippen LogP contribution is -1.97. The highest BCUT2D eigenvalue weighted by Crippen LogP contribution is 2.47. The summed E-state index contributed by atoms with van der Waals surface area (Å²) in [6.45, 7) is 8.18. The Morgan fingerprint density at radius 1 is 0.143 bits per heavy atom. The molecular formula is C106H78N6. The van der Waals surface area contributed by atoms with Crippen molar-refractivity contribution in [3.05, 3.63) is 423 Å². The van der Waals surface area contributed by atoms with Gasteiger partial charge in [0.15, 0.2) is 11.6 Å². The Kier molecular flexibility index (Phi) is 20.2. The summed E-state index contributed by atoms with van der Waals surface area (Å²) in [7, 11) is 0. The third-order valence-corrected chi connectivity index (χ3v) is 20.7.